The maximum Gasteiger partial charge on any atom is 0.110 e. The Morgan fingerprint density at radius 3 is 2.73 bits per heavy atom. The smallest absolute Gasteiger partial charge is 0.110 e. The third kappa shape index (κ3) is 1.93. The number of nitrogens with zero attached hydrogens (tertiary/aromatic N) is 2. The fourth-order valence-corrected chi connectivity index (χ4v) is 1.80. The lowest BCUT2D eigenvalue weighted by Gasteiger charge is -2.00. The van der Waals surface area contributed by atoms with E-state index >= 15 is 0 Å². The average molecular weight is 204 g/mol. The van der Waals surface area contributed by atoms with E-state index in [1.807, 2.05) is 6.20 Å². The van der Waals surface area contributed by atoms with Crippen LogP contribution in [0.15, 0.2) is 12.4 Å². The molecule has 2 heterocycles. The van der Waals surface area contributed by atoms with Crippen molar-refractivity contribution in [2.75, 3.05) is 0 Å². The Bertz CT molecular complexity index is 392. The predicted molar refractivity (Wildman–Crippen MR) is 58.7 cm³/mol. The molecule has 0 saturated carbocycles. The highest BCUT2D eigenvalue weighted by molar-refractivity contribution is 5.28. The van der Waals surface area contributed by atoms with Crippen molar-refractivity contribution in [1.82, 2.24) is 20.2 Å². The summed E-state index contributed by atoms with van der Waals surface area (Å²) in [6, 6.07) is 0. The summed E-state index contributed by atoms with van der Waals surface area (Å²) in [7, 11) is 0. The molecule has 0 fully saturated rings. The summed E-state index contributed by atoms with van der Waals surface area (Å²) in [6.45, 7) is 4.26. The lowest BCUT2D eigenvalue weighted by molar-refractivity contribution is 0.936. The van der Waals surface area contributed by atoms with Crippen molar-refractivity contribution in [1.29, 1.82) is 0 Å². The molecule has 0 aliphatic rings. The van der Waals surface area contributed by atoms with Crippen LogP contribution >= 0.6 is 0 Å². The number of aromatic amines is 2. The lowest BCUT2D eigenvalue weighted by atomic mass is 10.1. The van der Waals surface area contributed by atoms with Gasteiger partial charge in [-0.25, -0.2) is 4.98 Å². The van der Waals surface area contributed by atoms with Gasteiger partial charge in [0.05, 0.1) is 5.69 Å². The number of rotatable bonds is 4. The van der Waals surface area contributed by atoms with Crippen LogP contribution < -0.4 is 0 Å². The van der Waals surface area contributed by atoms with Crippen molar-refractivity contribution < 1.29 is 0 Å². The molecule has 0 aliphatic carbocycles. The van der Waals surface area contributed by atoms with Crippen molar-refractivity contribution in [3.8, 4) is 0 Å². The number of H-pyrrole nitrogens is 2. The molecule has 0 unspecified atom stereocenters. The number of hydrogen-bond acceptors (Lipinski definition) is 2. The maximum atomic E-state index is 4.32. The zero-order valence-corrected chi connectivity index (χ0v) is 9.17. The topological polar surface area (TPSA) is 57.4 Å². The van der Waals surface area contributed by atoms with Crippen LogP contribution in [0, 0.1) is 0 Å². The molecule has 2 aromatic rings. The minimum Gasteiger partial charge on any atom is -0.348 e. The summed E-state index contributed by atoms with van der Waals surface area (Å²) >= 11 is 0. The van der Waals surface area contributed by atoms with E-state index in [0.717, 1.165) is 30.8 Å². The highest BCUT2D eigenvalue weighted by atomic mass is 15.1. The predicted octanol–water partition coefficient (Wildman–Crippen LogP) is 1.85. The molecule has 0 bridgehead atoms. The van der Waals surface area contributed by atoms with Gasteiger partial charge in [0.1, 0.15) is 5.82 Å². The second-order valence-corrected chi connectivity index (χ2v) is 3.55. The van der Waals surface area contributed by atoms with Crippen molar-refractivity contribution in [2.45, 2.75) is 33.1 Å². The quantitative estimate of drug-likeness (QED) is 0.798. The standard InChI is InChI=1S/C11H16N4/c1-3-9-8(10(4-2)15-14-9)7-11-12-5-6-13-11/h5-6H,3-4,7H2,1-2H3,(H,12,13)(H,14,15). The monoisotopic (exact) mass is 204 g/mol. The van der Waals surface area contributed by atoms with E-state index in [4.69, 9.17) is 0 Å². The van der Waals surface area contributed by atoms with Crippen LogP contribution in [-0.2, 0) is 19.3 Å². The molecule has 4 nitrogen and oxygen atoms in total. The molecule has 2 N–H and O–H groups in total. The van der Waals surface area contributed by atoms with Crippen molar-refractivity contribution in [2.24, 2.45) is 0 Å². The molecule has 0 spiro atoms. The van der Waals surface area contributed by atoms with Crippen LogP contribution in [0.4, 0.5) is 0 Å². The first-order chi connectivity index (χ1) is 7.35. The molecule has 4 heteroatoms. The molecule has 2 rings (SSSR count). The second-order valence-electron chi connectivity index (χ2n) is 3.55. The van der Waals surface area contributed by atoms with E-state index in [1.165, 1.54) is 11.3 Å². The fraction of sp³-hybridized carbons (Fsp3) is 0.455. The molecule has 0 aliphatic heterocycles. The summed E-state index contributed by atoms with van der Waals surface area (Å²) in [5.41, 5.74) is 3.68. The van der Waals surface area contributed by atoms with E-state index in [-0.39, 0.29) is 0 Å². The molecule has 0 saturated heterocycles. The fourth-order valence-electron chi connectivity index (χ4n) is 1.80. The van der Waals surface area contributed by atoms with Gasteiger partial charge in [-0.1, -0.05) is 13.8 Å². The summed E-state index contributed by atoms with van der Waals surface area (Å²) in [5, 5.41) is 7.42. The Kier molecular flexibility index (Phi) is 2.85. The van der Waals surface area contributed by atoms with Gasteiger partial charge in [0.15, 0.2) is 0 Å². The highest BCUT2D eigenvalue weighted by Gasteiger charge is 2.11. The Hall–Kier alpha value is -1.58. The summed E-state index contributed by atoms with van der Waals surface area (Å²) in [4.78, 5) is 7.37. The zero-order valence-electron chi connectivity index (χ0n) is 9.17. The highest BCUT2D eigenvalue weighted by Crippen LogP contribution is 2.15. The molecular weight excluding hydrogens is 188 g/mol. The number of hydrogen-bond donors (Lipinski definition) is 2. The van der Waals surface area contributed by atoms with Gasteiger partial charge in [0.2, 0.25) is 0 Å². The van der Waals surface area contributed by atoms with E-state index in [9.17, 15) is 0 Å². The lowest BCUT2D eigenvalue weighted by Crippen LogP contribution is -1.97. The minimum atomic E-state index is 0.843. The Labute approximate surface area is 89.1 Å². The van der Waals surface area contributed by atoms with Gasteiger partial charge in [-0.2, -0.15) is 5.10 Å². The van der Waals surface area contributed by atoms with E-state index < -0.39 is 0 Å². The molecule has 15 heavy (non-hydrogen) atoms. The molecule has 0 aromatic carbocycles. The van der Waals surface area contributed by atoms with E-state index in [2.05, 4.69) is 34.0 Å². The van der Waals surface area contributed by atoms with Crippen LogP contribution in [0.25, 0.3) is 0 Å². The van der Waals surface area contributed by atoms with Crippen LogP contribution in [0.5, 0.6) is 0 Å². The average Bonchev–Trinajstić information content (AvgIpc) is 2.87. The minimum absolute atomic E-state index is 0.843. The van der Waals surface area contributed by atoms with E-state index in [0.29, 0.717) is 0 Å². The molecular formula is C11H16N4. The normalized spacial score (nSPS) is 10.8. The number of aryl methyl sites for hydroxylation is 2. The molecule has 80 valence electrons. The van der Waals surface area contributed by atoms with Crippen LogP contribution in [-0.4, -0.2) is 20.2 Å². The second kappa shape index (κ2) is 4.29. The summed E-state index contributed by atoms with van der Waals surface area (Å²) in [5.74, 6) is 1.00. The number of imidazole rings is 1. The molecule has 0 radical (unpaired) electrons. The zero-order chi connectivity index (χ0) is 10.7. The summed E-state index contributed by atoms with van der Waals surface area (Å²) in [6.07, 6.45) is 6.44. The van der Waals surface area contributed by atoms with Crippen molar-refractivity contribution >= 4 is 0 Å². The number of aromatic nitrogens is 4. The van der Waals surface area contributed by atoms with Gasteiger partial charge < -0.3 is 4.98 Å². The first-order valence-corrected chi connectivity index (χ1v) is 5.38. The Morgan fingerprint density at radius 2 is 2.13 bits per heavy atom. The third-order valence-electron chi connectivity index (χ3n) is 2.63. The Balaban J connectivity index is 2.29. The van der Waals surface area contributed by atoms with Gasteiger partial charge in [0, 0.05) is 30.1 Å². The summed E-state index contributed by atoms with van der Waals surface area (Å²) < 4.78 is 0. The number of nitrogens with one attached hydrogen (secondary N) is 2. The van der Waals surface area contributed by atoms with Crippen LogP contribution in [0.2, 0.25) is 0 Å². The molecule has 0 amide bonds. The van der Waals surface area contributed by atoms with Crippen molar-refractivity contribution in [3.05, 3.63) is 35.2 Å². The van der Waals surface area contributed by atoms with Crippen LogP contribution in [0.3, 0.4) is 0 Å². The SMILES string of the molecule is CCc1n[nH]c(CC)c1Cc1ncc[nH]1. The maximum absolute atomic E-state index is 4.32. The van der Waals surface area contributed by atoms with Gasteiger partial charge >= 0.3 is 0 Å². The van der Waals surface area contributed by atoms with Crippen LogP contribution in [0.1, 0.15) is 36.6 Å². The van der Waals surface area contributed by atoms with Gasteiger partial charge in [-0.15, -0.1) is 0 Å². The first-order valence-electron chi connectivity index (χ1n) is 5.38. The largest absolute Gasteiger partial charge is 0.348 e. The molecule has 2 aromatic heterocycles. The van der Waals surface area contributed by atoms with Gasteiger partial charge in [-0.05, 0) is 12.8 Å². The molecule has 0 atom stereocenters. The van der Waals surface area contributed by atoms with Gasteiger partial charge in [-0.3, -0.25) is 5.10 Å². The first kappa shape index (κ1) is 9.96. The Morgan fingerprint density at radius 1 is 1.27 bits per heavy atom. The third-order valence-corrected chi connectivity index (χ3v) is 2.63. The van der Waals surface area contributed by atoms with E-state index in [1.54, 1.807) is 6.20 Å². The van der Waals surface area contributed by atoms with Gasteiger partial charge in [0.25, 0.3) is 0 Å². The van der Waals surface area contributed by atoms with Crippen molar-refractivity contribution in [3.63, 3.8) is 0 Å².